The van der Waals surface area contributed by atoms with Crippen LogP contribution in [-0.4, -0.2) is 37.9 Å². The van der Waals surface area contributed by atoms with Gasteiger partial charge in [-0.05, 0) is 44.2 Å². The molecule has 1 aliphatic heterocycles. The zero-order chi connectivity index (χ0) is 19.2. The number of aromatic nitrogens is 3. The molecule has 0 radical (unpaired) electrons. The molecule has 1 amide bonds. The molecule has 4 rings (SSSR count). The third kappa shape index (κ3) is 4.30. The van der Waals surface area contributed by atoms with E-state index in [2.05, 4.69) is 20.9 Å². The Morgan fingerprint density at radius 1 is 1.00 bits per heavy atom. The highest BCUT2D eigenvalue weighted by molar-refractivity contribution is 5.77. The van der Waals surface area contributed by atoms with Crippen molar-refractivity contribution in [3.8, 4) is 11.4 Å². The van der Waals surface area contributed by atoms with Crippen LogP contribution >= 0.6 is 0 Å². The number of imidazole rings is 1. The number of likely N-dealkylation sites (tertiary alicyclic amines) is 1. The maximum Gasteiger partial charge on any atom is 0.242 e. The number of pyridine rings is 1. The molecule has 0 spiro atoms. The molecule has 5 nitrogen and oxygen atoms in total. The number of hydrogen-bond acceptors (Lipinski definition) is 3. The third-order valence-corrected chi connectivity index (χ3v) is 5.46. The number of aryl methyl sites for hydroxylation is 1. The Labute approximate surface area is 166 Å². The van der Waals surface area contributed by atoms with E-state index in [0.29, 0.717) is 12.6 Å². The van der Waals surface area contributed by atoms with Crippen LogP contribution in [0, 0.1) is 0 Å². The Bertz CT molecular complexity index is 891. The molecule has 3 aromatic rings. The van der Waals surface area contributed by atoms with Gasteiger partial charge in [0.15, 0.2) is 0 Å². The molecule has 1 aliphatic rings. The minimum absolute atomic E-state index is 0.181. The fraction of sp³-hybridized carbons (Fsp3) is 0.348. The van der Waals surface area contributed by atoms with Crippen molar-refractivity contribution < 1.29 is 4.79 Å². The number of rotatable bonds is 6. The maximum atomic E-state index is 13.1. The van der Waals surface area contributed by atoms with Gasteiger partial charge >= 0.3 is 0 Å². The fourth-order valence-corrected chi connectivity index (χ4v) is 4.01. The largest absolute Gasteiger partial charge is 0.338 e. The van der Waals surface area contributed by atoms with E-state index >= 15 is 0 Å². The molecule has 1 fully saturated rings. The standard InChI is InChI=1S/C23H26N4O/c28-22(18-26-17-15-25-23(26)19-8-2-1-3-9-19)27-16-7-5-11-21(27)13-12-20-10-4-6-14-24-20/h1-4,6,8-10,14-15,17,21H,5,7,11-13,16,18H2. The molecule has 5 heteroatoms. The summed E-state index contributed by atoms with van der Waals surface area (Å²) in [6.45, 7) is 1.19. The predicted octanol–water partition coefficient (Wildman–Crippen LogP) is 3.96. The van der Waals surface area contributed by atoms with Crippen LogP contribution in [0.1, 0.15) is 31.4 Å². The van der Waals surface area contributed by atoms with Gasteiger partial charge in [-0.1, -0.05) is 36.4 Å². The quantitative estimate of drug-likeness (QED) is 0.656. The van der Waals surface area contributed by atoms with Crippen molar-refractivity contribution in [1.29, 1.82) is 0 Å². The van der Waals surface area contributed by atoms with Crippen LogP contribution in [-0.2, 0) is 17.8 Å². The lowest BCUT2D eigenvalue weighted by molar-refractivity contribution is -0.135. The van der Waals surface area contributed by atoms with Crippen LogP contribution in [0.5, 0.6) is 0 Å². The van der Waals surface area contributed by atoms with Crippen LogP contribution < -0.4 is 0 Å². The second-order valence-electron chi connectivity index (χ2n) is 7.34. The number of amides is 1. The van der Waals surface area contributed by atoms with Crippen molar-refractivity contribution in [3.63, 3.8) is 0 Å². The lowest BCUT2D eigenvalue weighted by atomic mass is 9.97. The summed E-state index contributed by atoms with van der Waals surface area (Å²) >= 11 is 0. The van der Waals surface area contributed by atoms with Crippen molar-refractivity contribution in [2.75, 3.05) is 6.54 Å². The van der Waals surface area contributed by atoms with Gasteiger partial charge in [0.05, 0.1) is 0 Å². The summed E-state index contributed by atoms with van der Waals surface area (Å²) in [5.74, 6) is 1.02. The van der Waals surface area contributed by atoms with E-state index in [1.165, 1.54) is 6.42 Å². The first-order valence-electron chi connectivity index (χ1n) is 10.1. The number of carbonyl (C=O) groups is 1. The van der Waals surface area contributed by atoms with Gasteiger partial charge in [-0.15, -0.1) is 0 Å². The Morgan fingerprint density at radius 2 is 1.86 bits per heavy atom. The molecule has 0 N–H and O–H groups in total. The van der Waals surface area contributed by atoms with Gasteiger partial charge in [0, 0.05) is 42.4 Å². The highest BCUT2D eigenvalue weighted by Crippen LogP contribution is 2.23. The summed E-state index contributed by atoms with van der Waals surface area (Å²) in [4.78, 5) is 24.1. The zero-order valence-electron chi connectivity index (χ0n) is 16.1. The molecule has 1 unspecified atom stereocenters. The maximum absolute atomic E-state index is 13.1. The first-order chi connectivity index (χ1) is 13.8. The molecule has 0 bridgehead atoms. The normalized spacial score (nSPS) is 16.9. The van der Waals surface area contributed by atoms with Gasteiger partial charge in [-0.3, -0.25) is 9.78 Å². The Morgan fingerprint density at radius 3 is 2.68 bits per heavy atom. The number of hydrogen-bond donors (Lipinski definition) is 0. The summed E-state index contributed by atoms with van der Waals surface area (Å²) < 4.78 is 1.96. The first-order valence-corrected chi connectivity index (χ1v) is 10.1. The average Bonchev–Trinajstić information content (AvgIpc) is 3.22. The Kier molecular flexibility index (Phi) is 5.80. The van der Waals surface area contributed by atoms with E-state index in [0.717, 1.165) is 49.3 Å². The van der Waals surface area contributed by atoms with Crippen molar-refractivity contribution in [3.05, 3.63) is 72.8 Å². The first kappa shape index (κ1) is 18.4. The molecular weight excluding hydrogens is 348 g/mol. The van der Waals surface area contributed by atoms with E-state index < -0.39 is 0 Å². The molecule has 3 heterocycles. The highest BCUT2D eigenvalue weighted by atomic mass is 16.2. The van der Waals surface area contributed by atoms with Crippen LogP contribution in [0.25, 0.3) is 11.4 Å². The van der Waals surface area contributed by atoms with E-state index in [-0.39, 0.29) is 5.91 Å². The molecule has 0 saturated carbocycles. The molecule has 28 heavy (non-hydrogen) atoms. The molecule has 144 valence electrons. The van der Waals surface area contributed by atoms with Crippen molar-refractivity contribution in [2.24, 2.45) is 0 Å². The topological polar surface area (TPSA) is 51.0 Å². The summed E-state index contributed by atoms with van der Waals surface area (Å²) in [5, 5.41) is 0. The smallest absolute Gasteiger partial charge is 0.242 e. The van der Waals surface area contributed by atoms with Gasteiger partial charge in [-0.25, -0.2) is 4.98 Å². The summed E-state index contributed by atoms with van der Waals surface area (Å²) in [7, 11) is 0. The van der Waals surface area contributed by atoms with E-state index in [1.807, 2.05) is 59.4 Å². The summed E-state index contributed by atoms with van der Waals surface area (Å²) in [6.07, 6.45) is 10.7. The van der Waals surface area contributed by atoms with Gasteiger partial charge in [-0.2, -0.15) is 0 Å². The van der Waals surface area contributed by atoms with Gasteiger partial charge in [0.1, 0.15) is 12.4 Å². The lowest BCUT2D eigenvalue weighted by Gasteiger charge is -2.36. The minimum atomic E-state index is 0.181. The van der Waals surface area contributed by atoms with Crippen molar-refractivity contribution >= 4 is 5.91 Å². The molecule has 0 aliphatic carbocycles. The minimum Gasteiger partial charge on any atom is -0.338 e. The molecule has 1 atom stereocenters. The number of carbonyl (C=O) groups excluding carboxylic acids is 1. The fourth-order valence-electron chi connectivity index (χ4n) is 4.01. The third-order valence-electron chi connectivity index (χ3n) is 5.46. The predicted molar refractivity (Wildman–Crippen MR) is 110 cm³/mol. The highest BCUT2D eigenvalue weighted by Gasteiger charge is 2.27. The van der Waals surface area contributed by atoms with Crippen LogP contribution in [0.15, 0.2) is 67.1 Å². The van der Waals surface area contributed by atoms with Crippen LogP contribution in [0.2, 0.25) is 0 Å². The monoisotopic (exact) mass is 374 g/mol. The lowest BCUT2D eigenvalue weighted by Crippen LogP contribution is -2.45. The summed E-state index contributed by atoms with van der Waals surface area (Å²) in [6, 6.07) is 16.4. The zero-order valence-corrected chi connectivity index (χ0v) is 16.1. The molecule has 1 saturated heterocycles. The number of benzene rings is 1. The van der Waals surface area contributed by atoms with Crippen molar-refractivity contribution in [1.82, 2.24) is 19.4 Å². The van der Waals surface area contributed by atoms with E-state index in [4.69, 9.17) is 0 Å². The van der Waals surface area contributed by atoms with E-state index in [1.54, 1.807) is 6.20 Å². The second-order valence-corrected chi connectivity index (χ2v) is 7.34. The number of piperidine rings is 1. The SMILES string of the molecule is O=C(Cn1ccnc1-c1ccccc1)N1CCCCC1CCc1ccccn1. The van der Waals surface area contributed by atoms with Gasteiger partial charge in [0.25, 0.3) is 0 Å². The molecular formula is C23H26N4O. The van der Waals surface area contributed by atoms with Gasteiger partial charge < -0.3 is 9.47 Å². The Hall–Kier alpha value is -2.95. The van der Waals surface area contributed by atoms with Gasteiger partial charge in [0.2, 0.25) is 5.91 Å². The molecule has 2 aromatic heterocycles. The summed E-state index contributed by atoms with van der Waals surface area (Å²) in [5.41, 5.74) is 2.13. The van der Waals surface area contributed by atoms with Crippen molar-refractivity contribution in [2.45, 2.75) is 44.7 Å². The van der Waals surface area contributed by atoms with E-state index in [9.17, 15) is 4.79 Å². The van der Waals surface area contributed by atoms with Crippen LogP contribution in [0.3, 0.4) is 0 Å². The van der Waals surface area contributed by atoms with Crippen LogP contribution in [0.4, 0.5) is 0 Å². The average molecular weight is 374 g/mol. The second kappa shape index (κ2) is 8.83. The molecule has 1 aromatic carbocycles. The number of nitrogens with zero attached hydrogens (tertiary/aromatic N) is 4. The Balaban J connectivity index is 1.44.